The first-order valence-electron chi connectivity index (χ1n) is 10.5. The van der Waals surface area contributed by atoms with Crippen molar-refractivity contribution in [2.24, 2.45) is 0 Å². The normalized spacial score (nSPS) is 12.4. The molecule has 2 N–H and O–H groups in total. The summed E-state index contributed by atoms with van der Waals surface area (Å²) in [4.78, 5) is 16.8. The molecule has 0 aliphatic carbocycles. The molecule has 0 bridgehead atoms. The van der Waals surface area contributed by atoms with Crippen LogP contribution in [0.5, 0.6) is 17.2 Å². The number of amides is 1. The third kappa shape index (κ3) is 5.64. The van der Waals surface area contributed by atoms with E-state index in [1.807, 2.05) is 19.1 Å². The fourth-order valence-corrected chi connectivity index (χ4v) is 3.50. The molecular formula is C26H21F3N2O3. The van der Waals surface area contributed by atoms with Crippen LogP contribution in [-0.2, 0) is 12.6 Å². The van der Waals surface area contributed by atoms with E-state index in [0.29, 0.717) is 17.9 Å². The van der Waals surface area contributed by atoms with Gasteiger partial charge in [-0.05, 0) is 78.9 Å². The molecule has 1 aromatic heterocycles. The molecule has 8 heteroatoms. The highest BCUT2D eigenvalue weighted by Gasteiger charge is 2.30. The van der Waals surface area contributed by atoms with Gasteiger partial charge in [-0.15, -0.1) is 0 Å². The molecule has 0 radical (unpaired) electrons. The van der Waals surface area contributed by atoms with Gasteiger partial charge < -0.3 is 15.2 Å². The zero-order valence-corrected chi connectivity index (χ0v) is 18.1. The number of alkyl halides is 3. The highest BCUT2D eigenvalue weighted by atomic mass is 19.4. The zero-order valence-electron chi connectivity index (χ0n) is 18.1. The second kappa shape index (κ2) is 9.43. The number of rotatable bonds is 6. The van der Waals surface area contributed by atoms with Crippen molar-refractivity contribution in [3.63, 3.8) is 0 Å². The van der Waals surface area contributed by atoms with Crippen molar-refractivity contribution in [1.29, 1.82) is 0 Å². The molecule has 34 heavy (non-hydrogen) atoms. The van der Waals surface area contributed by atoms with Gasteiger partial charge in [0, 0.05) is 17.6 Å². The van der Waals surface area contributed by atoms with Crippen LogP contribution < -0.4 is 10.1 Å². The lowest BCUT2D eigenvalue weighted by Gasteiger charge is -2.14. The molecule has 4 rings (SSSR count). The summed E-state index contributed by atoms with van der Waals surface area (Å²) < 4.78 is 43.6. The van der Waals surface area contributed by atoms with Gasteiger partial charge in [0.15, 0.2) is 0 Å². The Labute approximate surface area is 193 Å². The van der Waals surface area contributed by atoms with Gasteiger partial charge in [0.05, 0.1) is 5.56 Å². The van der Waals surface area contributed by atoms with Crippen LogP contribution in [-0.4, -0.2) is 22.0 Å². The van der Waals surface area contributed by atoms with Gasteiger partial charge in [-0.3, -0.25) is 9.78 Å². The average Bonchev–Trinajstić information content (AvgIpc) is 2.79. The summed E-state index contributed by atoms with van der Waals surface area (Å²) >= 11 is 0. The molecular weight excluding hydrogens is 445 g/mol. The number of aromatic hydroxyl groups is 1. The van der Waals surface area contributed by atoms with E-state index >= 15 is 0 Å². The van der Waals surface area contributed by atoms with Gasteiger partial charge in [0.1, 0.15) is 22.9 Å². The maximum atomic E-state index is 12.7. The minimum Gasteiger partial charge on any atom is -0.508 e. The molecule has 0 spiro atoms. The van der Waals surface area contributed by atoms with Gasteiger partial charge in [-0.25, -0.2) is 0 Å². The summed E-state index contributed by atoms with van der Waals surface area (Å²) in [5.74, 6) is 0.631. The fourth-order valence-electron chi connectivity index (χ4n) is 3.50. The van der Waals surface area contributed by atoms with E-state index in [4.69, 9.17) is 4.74 Å². The molecule has 1 heterocycles. The average molecular weight is 466 g/mol. The van der Waals surface area contributed by atoms with Crippen molar-refractivity contribution < 1.29 is 27.8 Å². The maximum Gasteiger partial charge on any atom is 0.416 e. The highest BCUT2D eigenvalue weighted by Crippen LogP contribution is 2.31. The Bertz CT molecular complexity index is 1300. The van der Waals surface area contributed by atoms with Crippen LogP contribution in [0, 0.1) is 0 Å². The number of hydrogen-bond donors (Lipinski definition) is 2. The lowest BCUT2D eigenvalue weighted by Crippen LogP contribution is -2.34. The zero-order chi connectivity index (χ0) is 24.3. The largest absolute Gasteiger partial charge is 0.508 e. The fraction of sp³-hybridized carbons (Fsp3) is 0.154. The van der Waals surface area contributed by atoms with Crippen LogP contribution >= 0.6 is 0 Å². The second-order valence-electron chi connectivity index (χ2n) is 7.95. The lowest BCUT2D eigenvalue weighted by molar-refractivity contribution is -0.137. The quantitative estimate of drug-likeness (QED) is 0.360. The van der Waals surface area contributed by atoms with Gasteiger partial charge in [0.25, 0.3) is 5.91 Å². The first-order valence-corrected chi connectivity index (χ1v) is 10.5. The van der Waals surface area contributed by atoms with Crippen LogP contribution in [0.3, 0.4) is 0 Å². The third-order valence-corrected chi connectivity index (χ3v) is 5.20. The summed E-state index contributed by atoms with van der Waals surface area (Å²) in [7, 11) is 0. The van der Waals surface area contributed by atoms with Gasteiger partial charge in [-0.1, -0.05) is 18.2 Å². The Morgan fingerprint density at radius 3 is 2.26 bits per heavy atom. The molecule has 3 aromatic carbocycles. The molecule has 0 saturated carbocycles. The van der Waals surface area contributed by atoms with Crippen LogP contribution in [0.15, 0.2) is 79.0 Å². The van der Waals surface area contributed by atoms with Crippen molar-refractivity contribution in [2.75, 3.05) is 0 Å². The van der Waals surface area contributed by atoms with E-state index in [-0.39, 0.29) is 23.4 Å². The Hall–Kier alpha value is -4.07. The van der Waals surface area contributed by atoms with Crippen molar-refractivity contribution in [2.45, 2.75) is 25.6 Å². The van der Waals surface area contributed by atoms with E-state index in [1.54, 1.807) is 42.6 Å². The highest BCUT2D eigenvalue weighted by molar-refractivity contribution is 5.96. The number of fused-ring (bicyclic) bond motifs is 1. The Balaban J connectivity index is 1.34. The smallest absolute Gasteiger partial charge is 0.416 e. The number of benzene rings is 3. The van der Waals surface area contributed by atoms with Gasteiger partial charge in [0.2, 0.25) is 0 Å². The first kappa shape index (κ1) is 23.1. The predicted octanol–water partition coefficient (Wildman–Crippen LogP) is 6.11. The Kier molecular flexibility index (Phi) is 6.40. The molecule has 0 aliphatic rings. The molecule has 0 aliphatic heterocycles. The minimum atomic E-state index is -4.39. The van der Waals surface area contributed by atoms with Crippen molar-refractivity contribution in [3.8, 4) is 17.2 Å². The third-order valence-electron chi connectivity index (χ3n) is 5.20. The maximum absolute atomic E-state index is 12.7. The molecule has 1 amide bonds. The van der Waals surface area contributed by atoms with E-state index in [1.165, 1.54) is 12.1 Å². The number of aromatic nitrogens is 1. The first-order chi connectivity index (χ1) is 16.2. The number of phenols is 1. The van der Waals surface area contributed by atoms with Crippen LogP contribution in [0.4, 0.5) is 13.2 Å². The van der Waals surface area contributed by atoms with Crippen LogP contribution in [0.25, 0.3) is 10.8 Å². The summed E-state index contributed by atoms with van der Waals surface area (Å²) in [5.41, 5.74) is 0.504. The van der Waals surface area contributed by atoms with Gasteiger partial charge in [-0.2, -0.15) is 13.2 Å². The summed E-state index contributed by atoms with van der Waals surface area (Å²) in [6.07, 6.45) is -2.28. The molecule has 0 fully saturated rings. The summed E-state index contributed by atoms with van der Waals surface area (Å²) in [6, 6.07) is 18.0. The SMILES string of the molecule is C[C@H](Cc1ccc(Oc2ccc(C(F)(F)F)cc2)cc1)NC(=O)c1cc2ccc(O)cc2cn1. The van der Waals surface area contributed by atoms with Crippen molar-refractivity contribution >= 4 is 16.7 Å². The number of ether oxygens (including phenoxy) is 1. The Morgan fingerprint density at radius 1 is 0.971 bits per heavy atom. The standard InChI is InChI=1S/C26H21F3N2O3/c1-16(31-25(33)24-14-18-4-7-21(32)13-19(18)15-30-24)12-17-2-8-22(9-3-17)34-23-10-5-20(6-11-23)26(27,28)29/h2-11,13-16,32H,12H2,1H3,(H,31,33)/t16-/m1/s1. The lowest BCUT2D eigenvalue weighted by atomic mass is 10.1. The number of nitrogens with one attached hydrogen (secondary N) is 1. The predicted molar refractivity (Wildman–Crippen MR) is 122 cm³/mol. The number of pyridine rings is 1. The van der Waals surface area contributed by atoms with E-state index in [2.05, 4.69) is 10.3 Å². The van der Waals surface area contributed by atoms with Crippen molar-refractivity contribution in [1.82, 2.24) is 10.3 Å². The summed E-state index contributed by atoms with van der Waals surface area (Å²) in [5, 5.41) is 14.0. The van der Waals surface area contributed by atoms with E-state index in [9.17, 15) is 23.1 Å². The molecule has 0 unspecified atom stereocenters. The molecule has 0 saturated heterocycles. The Morgan fingerprint density at radius 2 is 1.62 bits per heavy atom. The molecule has 174 valence electrons. The van der Waals surface area contributed by atoms with Gasteiger partial charge >= 0.3 is 6.18 Å². The number of carbonyl (C=O) groups excluding carboxylic acids is 1. The summed E-state index contributed by atoms with van der Waals surface area (Å²) in [6.45, 7) is 1.88. The number of hydrogen-bond acceptors (Lipinski definition) is 4. The van der Waals surface area contributed by atoms with Crippen LogP contribution in [0.1, 0.15) is 28.5 Å². The second-order valence-corrected chi connectivity index (χ2v) is 7.95. The monoisotopic (exact) mass is 466 g/mol. The molecule has 5 nitrogen and oxygen atoms in total. The van der Waals surface area contributed by atoms with Crippen molar-refractivity contribution in [3.05, 3.63) is 95.8 Å². The number of halogens is 3. The number of carbonyl (C=O) groups is 1. The molecule has 4 aromatic rings. The number of phenolic OH excluding ortho intramolecular Hbond substituents is 1. The minimum absolute atomic E-state index is 0.135. The number of nitrogens with zero attached hydrogens (tertiary/aromatic N) is 1. The van der Waals surface area contributed by atoms with E-state index < -0.39 is 11.7 Å². The molecule has 1 atom stereocenters. The van der Waals surface area contributed by atoms with Crippen LogP contribution in [0.2, 0.25) is 0 Å². The van der Waals surface area contributed by atoms with E-state index in [0.717, 1.165) is 28.5 Å². The topological polar surface area (TPSA) is 71.5 Å².